The highest BCUT2D eigenvalue weighted by Gasteiger charge is 2.31. The van der Waals surface area contributed by atoms with E-state index in [4.69, 9.17) is 11.6 Å². The summed E-state index contributed by atoms with van der Waals surface area (Å²) in [5, 5.41) is 4.28. The lowest BCUT2D eigenvalue weighted by Crippen LogP contribution is -2.07. The molecule has 0 spiro atoms. The van der Waals surface area contributed by atoms with Crippen molar-refractivity contribution in [1.82, 2.24) is 5.32 Å². The summed E-state index contributed by atoms with van der Waals surface area (Å²) in [5.74, 6) is 0. The SMILES string of the molecule is Cl.Clc1ccc2c(c1)C1C=CC2N1. The van der Waals surface area contributed by atoms with Crippen molar-refractivity contribution in [2.75, 3.05) is 0 Å². The highest BCUT2D eigenvalue weighted by atomic mass is 35.5. The van der Waals surface area contributed by atoms with Crippen LogP contribution in [0.25, 0.3) is 0 Å². The summed E-state index contributed by atoms with van der Waals surface area (Å²) in [5.41, 5.74) is 2.72. The zero-order valence-electron chi connectivity index (χ0n) is 6.83. The summed E-state index contributed by atoms with van der Waals surface area (Å²) < 4.78 is 0. The number of rotatable bonds is 0. The zero-order chi connectivity index (χ0) is 8.13. The first-order valence-electron chi connectivity index (χ1n) is 4.08. The second-order valence-corrected chi connectivity index (χ2v) is 3.72. The summed E-state index contributed by atoms with van der Waals surface area (Å²) in [6.07, 6.45) is 4.41. The molecule has 68 valence electrons. The maximum atomic E-state index is 5.91. The Bertz CT molecular complexity index is 373. The van der Waals surface area contributed by atoms with Gasteiger partial charge < -0.3 is 0 Å². The average molecular weight is 214 g/mol. The maximum Gasteiger partial charge on any atom is 0.0518 e. The maximum absolute atomic E-state index is 5.91. The average Bonchev–Trinajstić information content (AvgIpc) is 2.63. The summed E-state index contributed by atoms with van der Waals surface area (Å²) >= 11 is 5.91. The molecule has 1 N–H and O–H groups in total. The van der Waals surface area contributed by atoms with E-state index in [1.165, 1.54) is 11.1 Å². The van der Waals surface area contributed by atoms with Crippen molar-refractivity contribution in [3.63, 3.8) is 0 Å². The van der Waals surface area contributed by atoms with Crippen LogP contribution in [0, 0.1) is 0 Å². The van der Waals surface area contributed by atoms with Gasteiger partial charge in [0, 0.05) is 5.02 Å². The number of nitrogens with one attached hydrogen (secondary N) is 1. The normalized spacial score (nSPS) is 27.2. The molecule has 2 heterocycles. The molecule has 2 atom stereocenters. The third kappa shape index (κ3) is 1.19. The van der Waals surface area contributed by atoms with Crippen LogP contribution in [0.1, 0.15) is 23.2 Å². The lowest BCUT2D eigenvalue weighted by molar-refractivity contribution is 0.673. The first-order valence-corrected chi connectivity index (χ1v) is 4.46. The van der Waals surface area contributed by atoms with E-state index in [1.807, 2.05) is 6.07 Å². The van der Waals surface area contributed by atoms with Crippen LogP contribution in [0.4, 0.5) is 0 Å². The Kier molecular flexibility index (Phi) is 2.11. The number of hydrogen-bond acceptors (Lipinski definition) is 1. The van der Waals surface area contributed by atoms with E-state index in [0.29, 0.717) is 12.1 Å². The van der Waals surface area contributed by atoms with Gasteiger partial charge in [-0.2, -0.15) is 0 Å². The van der Waals surface area contributed by atoms with Crippen molar-refractivity contribution in [3.8, 4) is 0 Å². The fourth-order valence-corrected chi connectivity index (χ4v) is 2.19. The van der Waals surface area contributed by atoms with Crippen LogP contribution < -0.4 is 5.32 Å². The highest BCUT2D eigenvalue weighted by Crippen LogP contribution is 2.40. The molecule has 0 amide bonds. The number of fused-ring (bicyclic) bond motifs is 5. The van der Waals surface area contributed by atoms with Gasteiger partial charge in [-0.3, -0.25) is 5.32 Å². The Morgan fingerprint density at radius 3 is 2.54 bits per heavy atom. The predicted molar refractivity (Wildman–Crippen MR) is 56.5 cm³/mol. The number of hydrogen-bond donors (Lipinski definition) is 1. The second kappa shape index (κ2) is 3.02. The molecule has 13 heavy (non-hydrogen) atoms. The van der Waals surface area contributed by atoms with Crippen molar-refractivity contribution in [3.05, 3.63) is 46.5 Å². The van der Waals surface area contributed by atoms with Gasteiger partial charge in [0.05, 0.1) is 12.1 Å². The second-order valence-electron chi connectivity index (χ2n) is 3.28. The molecular weight excluding hydrogens is 205 g/mol. The smallest absolute Gasteiger partial charge is 0.0518 e. The Morgan fingerprint density at radius 2 is 1.77 bits per heavy atom. The minimum atomic E-state index is 0. The number of halogens is 2. The molecule has 2 bridgehead atoms. The molecule has 0 fully saturated rings. The van der Waals surface area contributed by atoms with Gasteiger partial charge >= 0.3 is 0 Å². The van der Waals surface area contributed by atoms with Crippen LogP contribution in [0.3, 0.4) is 0 Å². The predicted octanol–water partition coefficient (Wildman–Crippen LogP) is 3.02. The van der Waals surface area contributed by atoms with Crippen LogP contribution in [-0.4, -0.2) is 0 Å². The summed E-state index contributed by atoms with van der Waals surface area (Å²) in [6, 6.07) is 6.96. The molecule has 0 aliphatic carbocycles. The molecule has 3 heteroatoms. The lowest BCUT2D eigenvalue weighted by atomic mass is 9.97. The van der Waals surface area contributed by atoms with Crippen LogP contribution in [0.15, 0.2) is 30.4 Å². The first-order chi connectivity index (χ1) is 5.84. The first kappa shape index (κ1) is 9.07. The monoisotopic (exact) mass is 213 g/mol. The van der Waals surface area contributed by atoms with Crippen LogP contribution >= 0.6 is 24.0 Å². The lowest BCUT2D eigenvalue weighted by Gasteiger charge is -2.07. The minimum absolute atomic E-state index is 0. The van der Waals surface area contributed by atoms with Gasteiger partial charge in [0.2, 0.25) is 0 Å². The van der Waals surface area contributed by atoms with E-state index in [1.54, 1.807) is 0 Å². The number of benzene rings is 1. The van der Waals surface area contributed by atoms with Crippen molar-refractivity contribution in [1.29, 1.82) is 0 Å². The summed E-state index contributed by atoms with van der Waals surface area (Å²) in [7, 11) is 0. The van der Waals surface area contributed by atoms with Gasteiger partial charge in [-0.1, -0.05) is 29.8 Å². The van der Waals surface area contributed by atoms with Crippen molar-refractivity contribution >= 4 is 24.0 Å². The largest absolute Gasteiger partial charge is 0.296 e. The van der Waals surface area contributed by atoms with E-state index in [2.05, 4.69) is 29.6 Å². The molecule has 0 saturated carbocycles. The Balaban J connectivity index is 0.000000653. The van der Waals surface area contributed by atoms with Gasteiger partial charge in [0.15, 0.2) is 0 Å². The molecule has 1 aromatic carbocycles. The van der Waals surface area contributed by atoms with Crippen LogP contribution in [0.5, 0.6) is 0 Å². The van der Waals surface area contributed by atoms with E-state index in [0.717, 1.165) is 5.02 Å². The highest BCUT2D eigenvalue weighted by molar-refractivity contribution is 6.30. The Labute approximate surface area is 88.2 Å². The van der Waals surface area contributed by atoms with Gasteiger partial charge in [-0.15, -0.1) is 12.4 Å². The molecule has 1 nitrogen and oxygen atoms in total. The molecule has 1 aromatic rings. The molecule has 2 unspecified atom stereocenters. The van der Waals surface area contributed by atoms with Crippen molar-refractivity contribution in [2.24, 2.45) is 0 Å². The Hall–Kier alpha value is -0.500. The summed E-state index contributed by atoms with van der Waals surface area (Å²) in [4.78, 5) is 0. The minimum Gasteiger partial charge on any atom is -0.296 e. The third-order valence-electron chi connectivity index (χ3n) is 2.57. The summed E-state index contributed by atoms with van der Waals surface area (Å²) in [6.45, 7) is 0. The molecule has 3 rings (SSSR count). The molecule has 0 saturated heterocycles. The van der Waals surface area contributed by atoms with Gasteiger partial charge in [0.25, 0.3) is 0 Å². The molecular formula is C10H9Cl2N. The van der Waals surface area contributed by atoms with Crippen molar-refractivity contribution < 1.29 is 0 Å². The van der Waals surface area contributed by atoms with E-state index >= 15 is 0 Å². The topological polar surface area (TPSA) is 12.0 Å². The Morgan fingerprint density at radius 1 is 1.08 bits per heavy atom. The van der Waals surface area contributed by atoms with E-state index in [9.17, 15) is 0 Å². The third-order valence-corrected chi connectivity index (χ3v) is 2.81. The molecule has 2 aliphatic rings. The molecule has 0 aromatic heterocycles. The van der Waals surface area contributed by atoms with Crippen LogP contribution in [-0.2, 0) is 0 Å². The molecule has 2 aliphatic heterocycles. The van der Waals surface area contributed by atoms with Gasteiger partial charge in [0.1, 0.15) is 0 Å². The zero-order valence-corrected chi connectivity index (χ0v) is 8.40. The van der Waals surface area contributed by atoms with Crippen molar-refractivity contribution in [2.45, 2.75) is 12.1 Å². The van der Waals surface area contributed by atoms with E-state index in [-0.39, 0.29) is 12.4 Å². The van der Waals surface area contributed by atoms with Gasteiger partial charge in [-0.25, -0.2) is 0 Å². The van der Waals surface area contributed by atoms with Crippen LogP contribution in [0.2, 0.25) is 5.02 Å². The van der Waals surface area contributed by atoms with Gasteiger partial charge in [-0.05, 0) is 23.3 Å². The fraction of sp³-hybridized carbons (Fsp3) is 0.200. The quantitative estimate of drug-likeness (QED) is 0.654. The molecule has 0 radical (unpaired) electrons. The van der Waals surface area contributed by atoms with E-state index < -0.39 is 0 Å². The fourth-order valence-electron chi connectivity index (χ4n) is 2.01. The standard InChI is InChI=1S/C10H8ClN.ClH/c11-6-1-2-7-8(5-6)10-4-3-9(7)12-10;/h1-5,9-10,12H;1H.